The van der Waals surface area contributed by atoms with Gasteiger partial charge in [-0.05, 0) is 0 Å². The highest BCUT2D eigenvalue weighted by molar-refractivity contribution is 5.29. The van der Waals surface area contributed by atoms with Crippen molar-refractivity contribution >= 4 is 0 Å². The first-order valence-electron chi connectivity index (χ1n) is 3.44. The molecule has 0 aliphatic carbocycles. The lowest BCUT2D eigenvalue weighted by Gasteiger charge is -2.12. The molecule has 0 aliphatic rings. The Kier molecular flexibility index (Phi) is 2.87. The van der Waals surface area contributed by atoms with Gasteiger partial charge in [-0.15, -0.1) is 0 Å². The van der Waals surface area contributed by atoms with Crippen LogP contribution in [0.4, 0.5) is 30.7 Å². The van der Waals surface area contributed by atoms with Gasteiger partial charge in [0.05, 0.1) is 5.56 Å². The third kappa shape index (κ3) is 2.18. The summed E-state index contributed by atoms with van der Waals surface area (Å²) in [6.07, 6.45) is -9.00. The first-order chi connectivity index (χ1) is 6.75. The third-order valence-electron chi connectivity index (χ3n) is 1.52. The Balaban J connectivity index is 3.49. The van der Waals surface area contributed by atoms with Crippen LogP contribution in [0.5, 0.6) is 0 Å². The maximum absolute atomic E-state index is 12.6. The molecule has 0 saturated heterocycles. The van der Waals surface area contributed by atoms with Crippen molar-refractivity contribution in [3.8, 4) is 0 Å². The van der Waals surface area contributed by atoms with Gasteiger partial charge in [0.25, 0.3) is 6.43 Å². The van der Waals surface area contributed by atoms with Crippen LogP contribution in [0.1, 0.15) is 17.6 Å². The Morgan fingerprint density at radius 3 is 2.07 bits per heavy atom. The number of aromatic nitrogens is 1. The number of hydrogen-bond donors (Lipinski definition) is 0. The maximum atomic E-state index is 12.6. The van der Waals surface area contributed by atoms with Gasteiger partial charge in [-0.1, -0.05) is 0 Å². The molecule has 1 aromatic rings. The fourth-order valence-electron chi connectivity index (χ4n) is 0.931. The molecule has 15 heavy (non-hydrogen) atoms. The summed E-state index contributed by atoms with van der Waals surface area (Å²) in [6.45, 7) is 0. The summed E-state index contributed by atoms with van der Waals surface area (Å²) < 4.78 is 85.3. The number of alkyl halides is 5. The second-order valence-corrected chi connectivity index (χ2v) is 2.49. The van der Waals surface area contributed by atoms with Crippen LogP contribution in [0.25, 0.3) is 0 Å². The Hall–Kier alpha value is -1.34. The summed E-state index contributed by atoms with van der Waals surface area (Å²) in [7, 11) is 0. The summed E-state index contributed by atoms with van der Waals surface area (Å²) in [5.41, 5.74) is -3.99. The Bertz CT molecular complexity index is 370. The number of rotatable bonds is 1. The van der Waals surface area contributed by atoms with Gasteiger partial charge in [-0.2, -0.15) is 17.6 Å². The van der Waals surface area contributed by atoms with E-state index in [1.807, 2.05) is 0 Å². The van der Waals surface area contributed by atoms with E-state index >= 15 is 0 Å². The van der Waals surface area contributed by atoms with Crippen molar-refractivity contribution in [2.45, 2.75) is 12.6 Å². The summed E-state index contributed by atoms with van der Waals surface area (Å²) in [5.74, 6) is -4.48. The smallest absolute Gasteiger partial charge is 0.225 e. The molecule has 0 spiro atoms. The van der Waals surface area contributed by atoms with E-state index in [1.165, 1.54) is 0 Å². The van der Waals surface area contributed by atoms with Crippen molar-refractivity contribution in [2.24, 2.45) is 0 Å². The number of nitrogens with zero attached hydrogens (tertiary/aromatic N) is 1. The molecule has 0 atom stereocenters. The average Bonchev–Trinajstić information content (AvgIpc) is 2.06. The SMILES string of the molecule is Fc1ncc(C(F)F)c(C(F)(F)F)c1F. The van der Waals surface area contributed by atoms with E-state index in [1.54, 1.807) is 0 Å². The molecular formula is C7H2F7N. The summed E-state index contributed by atoms with van der Waals surface area (Å²) in [6, 6.07) is 0. The van der Waals surface area contributed by atoms with Crippen molar-refractivity contribution in [3.05, 3.63) is 29.1 Å². The van der Waals surface area contributed by atoms with Crippen LogP contribution in [-0.2, 0) is 6.18 Å². The van der Waals surface area contributed by atoms with Crippen molar-refractivity contribution in [2.75, 3.05) is 0 Å². The molecule has 0 saturated carbocycles. The zero-order valence-electron chi connectivity index (χ0n) is 6.75. The molecule has 1 heterocycles. The molecular weight excluding hydrogens is 231 g/mol. The van der Waals surface area contributed by atoms with Gasteiger partial charge in [0, 0.05) is 6.20 Å². The lowest BCUT2D eigenvalue weighted by molar-refractivity contribution is -0.142. The number of pyridine rings is 1. The molecule has 0 bridgehead atoms. The van der Waals surface area contributed by atoms with E-state index in [-0.39, 0.29) is 6.20 Å². The Labute approximate surface area is 78.5 Å². The van der Waals surface area contributed by atoms with E-state index < -0.39 is 35.5 Å². The lowest BCUT2D eigenvalue weighted by Crippen LogP contribution is -2.15. The predicted molar refractivity (Wildman–Crippen MR) is 34.1 cm³/mol. The second kappa shape index (κ2) is 3.67. The van der Waals surface area contributed by atoms with Crippen molar-refractivity contribution in [1.82, 2.24) is 4.98 Å². The normalized spacial score (nSPS) is 12.3. The second-order valence-electron chi connectivity index (χ2n) is 2.49. The zero-order valence-corrected chi connectivity index (χ0v) is 6.75. The third-order valence-corrected chi connectivity index (χ3v) is 1.52. The van der Waals surface area contributed by atoms with Crippen molar-refractivity contribution < 1.29 is 30.7 Å². The van der Waals surface area contributed by atoms with E-state index in [9.17, 15) is 30.7 Å². The molecule has 0 N–H and O–H groups in total. The quantitative estimate of drug-likeness (QED) is 0.535. The van der Waals surface area contributed by atoms with Crippen LogP contribution in [0.2, 0.25) is 0 Å². The molecule has 84 valence electrons. The van der Waals surface area contributed by atoms with Gasteiger partial charge in [-0.3, -0.25) is 0 Å². The average molecular weight is 233 g/mol. The lowest BCUT2D eigenvalue weighted by atomic mass is 10.1. The van der Waals surface area contributed by atoms with Gasteiger partial charge in [0.15, 0.2) is 5.82 Å². The molecule has 0 fully saturated rings. The van der Waals surface area contributed by atoms with Crippen LogP contribution < -0.4 is 0 Å². The zero-order chi connectivity index (χ0) is 11.8. The van der Waals surface area contributed by atoms with Crippen LogP contribution in [0.15, 0.2) is 6.20 Å². The number of halogens is 7. The fraction of sp³-hybridized carbons (Fsp3) is 0.286. The molecule has 0 unspecified atom stereocenters. The van der Waals surface area contributed by atoms with E-state index in [2.05, 4.69) is 4.98 Å². The molecule has 1 nitrogen and oxygen atoms in total. The fourth-order valence-corrected chi connectivity index (χ4v) is 0.931. The van der Waals surface area contributed by atoms with E-state index in [4.69, 9.17) is 0 Å². The Morgan fingerprint density at radius 1 is 1.13 bits per heavy atom. The van der Waals surface area contributed by atoms with Gasteiger partial charge >= 0.3 is 6.18 Å². The molecule has 1 aromatic heterocycles. The topological polar surface area (TPSA) is 12.9 Å². The Morgan fingerprint density at radius 2 is 1.67 bits per heavy atom. The molecule has 0 aliphatic heterocycles. The van der Waals surface area contributed by atoms with Crippen molar-refractivity contribution in [1.29, 1.82) is 0 Å². The first-order valence-corrected chi connectivity index (χ1v) is 3.44. The van der Waals surface area contributed by atoms with Gasteiger partial charge in [0.2, 0.25) is 5.95 Å². The molecule has 8 heteroatoms. The van der Waals surface area contributed by atoms with E-state index in [0.717, 1.165) is 0 Å². The minimum absolute atomic E-state index is 0.0358. The number of hydrogen-bond acceptors (Lipinski definition) is 1. The van der Waals surface area contributed by atoms with Crippen LogP contribution in [0.3, 0.4) is 0 Å². The van der Waals surface area contributed by atoms with Crippen molar-refractivity contribution in [3.63, 3.8) is 0 Å². The van der Waals surface area contributed by atoms with E-state index in [0.29, 0.717) is 0 Å². The van der Waals surface area contributed by atoms with Gasteiger partial charge in [0.1, 0.15) is 5.56 Å². The highest BCUT2D eigenvalue weighted by Gasteiger charge is 2.40. The highest BCUT2D eigenvalue weighted by atomic mass is 19.4. The first kappa shape index (κ1) is 11.7. The molecule has 0 amide bonds. The van der Waals surface area contributed by atoms with Gasteiger partial charge in [-0.25, -0.2) is 18.2 Å². The van der Waals surface area contributed by atoms with Gasteiger partial charge < -0.3 is 0 Å². The monoisotopic (exact) mass is 233 g/mol. The predicted octanol–water partition coefficient (Wildman–Crippen LogP) is 3.32. The summed E-state index contributed by atoms with van der Waals surface area (Å²) >= 11 is 0. The van der Waals surface area contributed by atoms with Crippen LogP contribution in [0, 0.1) is 11.8 Å². The maximum Gasteiger partial charge on any atom is 0.419 e. The summed E-state index contributed by atoms with van der Waals surface area (Å²) in [5, 5.41) is 0. The standard InChI is InChI=1S/C7H2F7N/c8-4-3(7(12,13)14)2(5(9)10)1-15-6(4)11/h1,5H. The minimum atomic E-state index is -5.39. The van der Waals surface area contributed by atoms with Crippen LogP contribution in [-0.4, -0.2) is 4.98 Å². The highest BCUT2D eigenvalue weighted by Crippen LogP contribution is 2.37. The van der Waals surface area contributed by atoms with Crippen LogP contribution >= 0.6 is 0 Å². The molecule has 0 aromatic carbocycles. The minimum Gasteiger partial charge on any atom is -0.225 e. The largest absolute Gasteiger partial charge is 0.419 e. The summed E-state index contributed by atoms with van der Waals surface area (Å²) in [4.78, 5) is 2.45. The molecule has 1 rings (SSSR count). The molecule has 0 radical (unpaired) electrons.